The van der Waals surface area contributed by atoms with Crippen molar-refractivity contribution in [2.75, 3.05) is 55.4 Å². The van der Waals surface area contributed by atoms with Gasteiger partial charge in [0.25, 0.3) is 0 Å². The van der Waals surface area contributed by atoms with E-state index in [9.17, 15) is 43.2 Å². The van der Waals surface area contributed by atoms with Crippen LogP contribution in [0.15, 0.2) is 42.5 Å². The predicted octanol–water partition coefficient (Wildman–Crippen LogP) is 7.96. The normalized spacial score (nSPS) is 15.2. The van der Waals surface area contributed by atoms with E-state index in [1.807, 2.05) is 91.8 Å². The van der Waals surface area contributed by atoms with Gasteiger partial charge in [0.1, 0.15) is 55.3 Å². The van der Waals surface area contributed by atoms with Crippen LogP contribution in [0.2, 0.25) is 0 Å². The summed E-state index contributed by atoms with van der Waals surface area (Å²) >= 11 is 0. The topological polar surface area (TPSA) is 264 Å². The first kappa shape index (κ1) is 83.0. The fourth-order valence-electron chi connectivity index (χ4n) is 11.2. The Labute approximate surface area is 549 Å². The van der Waals surface area contributed by atoms with Gasteiger partial charge in [-0.2, -0.15) is 0 Å². The van der Waals surface area contributed by atoms with Crippen LogP contribution in [-0.2, 0) is 78.4 Å². The van der Waals surface area contributed by atoms with Crippen LogP contribution in [0, 0.1) is 53.3 Å². The summed E-state index contributed by atoms with van der Waals surface area (Å²) in [5, 5.41) is 2.71. The summed E-state index contributed by atoms with van der Waals surface area (Å²) in [4.78, 5) is 176. The Hall–Kier alpha value is -7.00. The highest BCUT2D eigenvalue weighted by molar-refractivity contribution is 5.98. The largest absolute Gasteiger partial charge is 0.462 e. The van der Waals surface area contributed by atoms with Crippen LogP contribution in [0.3, 0.4) is 0 Å². The summed E-state index contributed by atoms with van der Waals surface area (Å²) in [6, 6.07) is 2.00. The summed E-state index contributed by atoms with van der Waals surface area (Å²) in [6.07, 6.45) is 2.73. The number of nitrogens with one attached hydrogen (secondary N) is 1. The summed E-state index contributed by atoms with van der Waals surface area (Å²) in [7, 11) is 8.86. The standard InChI is InChI=1S/C70H115N7O15/c1-24-26-30-47(13)63(92-51(17)79)62(64(83)71-54(25-2)70(89)90-34-33-72(18)50(16)78)77(23)69(88)61(46(11)12)76(22)68(87)57(37-44(7)8)75(21)67(86)56(36-43(5)6)74(20)65(84)49(15)39-58(80)48(14)38-59(81)55(35-42(3)4)73(19)66(85)53(45(9)10)40-60(82)91-41-52-31-28-27-29-32-52/h24,26-29,31-32,42-49,53-57,61-63H,25,30,33-41H2,1-23H3,(H,71,83)/b26-24+/t47-,48-,49+,53+,54+,55+,56+,57+,61+,62+,63-/m1/s1. The second-order valence-electron chi connectivity index (χ2n) is 27.1. The van der Waals surface area contributed by atoms with Crippen molar-refractivity contribution >= 4 is 70.8 Å². The first-order valence-corrected chi connectivity index (χ1v) is 32.8. The molecule has 22 heteroatoms. The number of hydrogen-bond acceptors (Lipinski definition) is 15. The maximum atomic E-state index is 15.3. The van der Waals surface area contributed by atoms with Crippen LogP contribution >= 0.6 is 0 Å². The number of hydrogen-bond donors (Lipinski definition) is 1. The third-order valence-electron chi connectivity index (χ3n) is 17.0. The lowest BCUT2D eigenvalue weighted by Gasteiger charge is -2.42. The van der Waals surface area contributed by atoms with Crippen LogP contribution in [0.5, 0.6) is 0 Å². The van der Waals surface area contributed by atoms with Crippen molar-refractivity contribution in [2.24, 2.45) is 53.3 Å². The summed E-state index contributed by atoms with van der Waals surface area (Å²) in [5.74, 6) is -10.9. The van der Waals surface area contributed by atoms with Crippen LogP contribution in [-0.4, -0.2) is 198 Å². The Morgan fingerprint density at radius 1 is 0.543 bits per heavy atom. The van der Waals surface area contributed by atoms with E-state index >= 15 is 14.4 Å². The molecule has 0 saturated heterocycles. The minimum absolute atomic E-state index is 0.0155. The van der Waals surface area contributed by atoms with E-state index in [1.165, 1.54) is 66.5 Å². The third-order valence-corrected chi connectivity index (χ3v) is 17.0. The van der Waals surface area contributed by atoms with Crippen molar-refractivity contribution in [1.82, 2.24) is 34.7 Å². The number of allylic oxidation sites excluding steroid dienone is 2. The van der Waals surface area contributed by atoms with Crippen molar-refractivity contribution in [3.8, 4) is 0 Å². The minimum Gasteiger partial charge on any atom is -0.462 e. The molecule has 1 aromatic carbocycles. The van der Waals surface area contributed by atoms with Gasteiger partial charge in [-0.1, -0.05) is 139 Å². The smallest absolute Gasteiger partial charge is 0.328 e. The molecule has 0 aliphatic heterocycles. The summed E-state index contributed by atoms with van der Waals surface area (Å²) in [6.45, 7) is 29.4. The van der Waals surface area contributed by atoms with Gasteiger partial charge >= 0.3 is 17.9 Å². The average Bonchev–Trinajstić information content (AvgIpc) is 0.817. The number of benzene rings is 1. The molecule has 92 heavy (non-hydrogen) atoms. The van der Waals surface area contributed by atoms with Gasteiger partial charge in [-0.15, -0.1) is 0 Å². The van der Waals surface area contributed by atoms with Crippen molar-refractivity contribution in [3.05, 3.63) is 48.0 Å². The summed E-state index contributed by atoms with van der Waals surface area (Å²) < 4.78 is 16.8. The number of carbonyl (C=O) groups is 12. The number of likely N-dealkylation sites (N-methyl/N-ethyl adjacent to an activating group) is 6. The zero-order valence-corrected chi connectivity index (χ0v) is 59.9. The third kappa shape index (κ3) is 26.2. The number of amides is 7. The Balaban J connectivity index is 3.61. The average molecular weight is 1290 g/mol. The molecule has 0 aromatic heterocycles. The number of ketones is 2. The van der Waals surface area contributed by atoms with E-state index < -0.39 is 119 Å². The first-order valence-electron chi connectivity index (χ1n) is 32.8. The molecule has 1 N–H and O–H groups in total. The van der Waals surface area contributed by atoms with Crippen LogP contribution in [0.1, 0.15) is 175 Å². The lowest BCUT2D eigenvalue weighted by atomic mass is 9.86. The van der Waals surface area contributed by atoms with E-state index in [-0.39, 0.29) is 105 Å². The highest BCUT2D eigenvalue weighted by atomic mass is 16.5. The van der Waals surface area contributed by atoms with Crippen LogP contribution < -0.4 is 5.32 Å². The highest BCUT2D eigenvalue weighted by Gasteiger charge is 2.46. The van der Waals surface area contributed by atoms with Gasteiger partial charge in [-0.25, -0.2) is 4.79 Å². The predicted molar refractivity (Wildman–Crippen MR) is 353 cm³/mol. The molecule has 0 aliphatic rings. The van der Waals surface area contributed by atoms with E-state index in [0.717, 1.165) is 10.5 Å². The Bertz CT molecular complexity index is 2640. The van der Waals surface area contributed by atoms with Gasteiger partial charge in [0.15, 0.2) is 5.78 Å². The fourth-order valence-corrected chi connectivity index (χ4v) is 11.2. The van der Waals surface area contributed by atoms with Gasteiger partial charge in [0, 0.05) is 80.8 Å². The zero-order valence-electron chi connectivity index (χ0n) is 59.9. The molecule has 7 amide bonds. The number of rotatable bonds is 40. The van der Waals surface area contributed by atoms with Crippen molar-refractivity contribution in [3.63, 3.8) is 0 Å². The number of Topliss-reactive ketones (excluding diaryl/α,β-unsaturated/α-hetero) is 2. The molecule has 520 valence electrons. The second kappa shape index (κ2) is 40.2. The van der Waals surface area contributed by atoms with Gasteiger partial charge in [0.05, 0.1) is 24.9 Å². The number of nitrogens with zero attached hydrogens (tertiary/aromatic N) is 6. The van der Waals surface area contributed by atoms with E-state index in [1.54, 1.807) is 68.6 Å². The van der Waals surface area contributed by atoms with Gasteiger partial charge < -0.3 is 48.9 Å². The van der Waals surface area contributed by atoms with Crippen LogP contribution in [0.25, 0.3) is 0 Å². The number of ether oxygens (including phenoxy) is 3. The molecule has 0 unspecified atom stereocenters. The SMILES string of the molecule is C/C=C/C[C@@H](C)[C@@H](OC(C)=O)[C@@H](C(=O)N[C@@H](CC)C(=O)OCCN(C)C(C)=O)N(C)C(=O)[C@H](C(C)C)N(C)C(=O)[C@H](CC(C)C)N(C)C(=O)[C@H](CC(C)C)N(C)C(=O)[C@@H](C)CC(=O)[C@H](C)CC(=O)[C@H](CC(C)C)N(C)C(=O)[C@@H](CC(=O)OCc1ccccc1)C(C)C. The molecular formula is C70H115N7O15. The summed E-state index contributed by atoms with van der Waals surface area (Å²) in [5.41, 5.74) is 0.804. The molecule has 0 heterocycles. The molecule has 0 saturated carbocycles. The molecule has 1 aromatic rings. The van der Waals surface area contributed by atoms with Crippen LogP contribution in [0.4, 0.5) is 0 Å². The maximum Gasteiger partial charge on any atom is 0.328 e. The van der Waals surface area contributed by atoms with E-state index in [2.05, 4.69) is 5.32 Å². The van der Waals surface area contributed by atoms with Crippen molar-refractivity contribution in [1.29, 1.82) is 0 Å². The molecule has 0 spiro atoms. The molecule has 1 rings (SSSR count). The lowest BCUT2D eigenvalue weighted by Crippen LogP contribution is -2.63. The van der Waals surface area contributed by atoms with Gasteiger partial charge in [-0.3, -0.25) is 52.7 Å². The fraction of sp³-hybridized carbons (Fsp3) is 0.714. The molecule has 0 radical (unpaired) electrons. The van der Waals surface area contributed by atoms with E-state index in [4.69, 9.17) is 14.2 Å². The van der Waals surface area contributed by atoms with E-state index in [0.29, 0.717) is 12.8 Å². The number of esters is 3. The molecule has 22 nitrogen and oxygen atoms in total. The molecular weight excluding hydrogens is 1180 g/mol. The van der Waals surface area contributed by atoms with Crippen molar-refractivity contribution in [2.45, 2.75) is 218 Å². The maximum absolute atomic E-state index is 15.3. The quantitative estimate of drug-likeness (QED) is 0.0371. The lowest BCUT2D eigenvalue weighted by molar-refractivity contribution is -0.164. The van der Waals surface area contributed by atoms with Crippen molar-refractivity contribution < 1.29 is 71.7 Å². The second-order valence-corrected chi connectivity index (χ2v) is 27.1. The first-order chi connectivity index (χ1) is 42.8. The van der Waals surface area contributed by atoms with Gasteiger partial charge in [0.2, 0.25) is 41.4 Å². The zero-order chi connectivity index (χ0) is 70.8. The molecule has 0 fully saturated rings. The Kier molecular flexibility index (Phi) is 36.3. The monoisotopic (exact) mass is 1290 g/mol. The van der Waals surface area contributed by atoms with Gasteiger partial charge in [-0.05, 0) is 80.1 Å². The molecule has 0 aliphatic carbocycles. The Morgan fingerprint density at radius 2 is 1.03 bits per heavy atom. The number of carbonyl (C=O) groups excluding carboxylic acids is 12. The highest BCUT2D eigenvalue weighted by Crippen LogP contribution is 2.29. The Morgan fingerprint density at radius 3 is 1.51 bits per heavy atom. The molecule has 11 atom stereocenters. The molecule has 0 bridgehead atoms. The minimum atomic E-state index is -1.54.